The Kier molecular flexibility index (Phi) is 3.16. The largest absolute Gasteiger partial charge is 0.298 e. The maximum atomic E-state index is 11.1. The Morgan fingerprint density at radius 3 is 2.47 bits per heavy atom. The number of benzene rings is 1. The lowest BCUT2D eigenvalue weighted by Gasteiger charge is -2.06. The summed E-state index contributed by atoms with van der Waals surface area (Å²) in [5.41, 5.74) is 3.17. The van der Waals surface area contributed by atoms with Gasteiger partial charge in [-0.1, -0.05) is 0 Å². The summed E-state index contributed by atoms with van der Waals surface area (Å²) in [6.07, 6.45) is 0.587. The molecule has 1 aromatic heterocycles. The molecule has 98 valence electrons. The molecule has 0 saturated heterocycles. The lowest BCUT2D eigenvalue weighted by molar-refractivity contribution is -0.384. The summed E-state index contributed by atoms with van der Waals surface area (Å²) >= 11 is 0. The first-order valence-corrected chi connectivity index (χ1v) is 5.72. The molecule has 0 unspecified atom stereocenters. The van der Waals surface area contributed by atoms with Gasteiger partial charge in [0.05, 0.1) is 10.6 Å². The van der Waals surface area contributed by atoms with Gasteiger partial charge in [-0.15, -0.1) is 0 Å². The second-order valence-corrected chi connectivity index (χ2v) is 4.33. The standard InChI is InChI=1S/C13H13N3O3/c1-8-9(2)14-15(10(8)3)12-5-4-11(7-17)6-13(12)16(18)19/h4-7H,1-3H3. The van der Waals surface area contributed by atoms with E-state index in [9.17, 15) is 14.9 Å². The number of aromatic nitrogens is 2. The molecule has 0 bridgehead atoms. The molecule has 0 N–H and O–H groups in total. The summed E-state index contributed by atoms with van der Waals surface area (Å²) < 4.78 is 1.54. The van der Waals surface area contributed by atoms with Gasteiger partial charge in [-0.25, -0.2) is 4.68 Å². The van der Waals surface area contributed by atoms with Crippen molar-refractivity contribution in [2.24, 2.45) is 0 Å². The summed E-state index contributed by atoms with van der Waals surface area (Å²) in [5, 5.41) is 15.4. The maximum Gasteiger partial charge on any atom is 0.295 e. The van der Waals surface area contributed by atoms with E-state index in [1.807, 2.05) is 20.8 Å². The number of carbonyl (C=O) groups excluding carboxylic acids is 1. The lowest BCUT2D eigenvalue weighted by atomic mass is 10.2. The Labute approximate surface area is 109 Å². The third kappa shape index (κ3) is 2.12. The lowest BCUT2D eigenvalue weighted by Crippen LogP contribution is -2.04. The van der Waals surface area contributed by atoms with Gasteiger partial charge < -0.3 is 0 Å². The van der Waals surface area contributed by atoms with Crippen molar-refractivity contribution in [2.45, 2.75) is 20.8 Å². The van der Waals surface area contributed by atoms with Gasteiger partial charge in [0.2, 0.25) is 0 Å². The van der Waals surface area contributed by atoms with E-state index in [0.29, 0.717) is 12.0 Å². The predicted molar refractivity (Wildman–Crippen MR) is 69.8 cm³/mol. The van der Waals surface area contributed by atoms with E-state index in [-0.39, 0.29) is 11.3 Å². The first-order chi connectivity index (χ1) is 8.95. The van der Waals surface area contributed by atoms with Crippen molar-refractivity contribution in [3.8, 4) is 5.69 Å². The number of hydrogen-bond acceptors (Lipinski definition) is 4. The molecule has 1 heterocycles. The molecule has 0 spiro atoms. The van der Waals surface area contributed by atoms with Crippen LogP contribution in [-0.2, 0) is 0 Å². The second-order valence-electron chi connectivity index (χ2n) is 4.33. The highest BCUT2D eigenvalue weighted by Gasteiger charge is 2.19. The molecule has 0 aliphatic rings. The zero-order chi connectivity index (χ0) is 14.2. The summed E-state index contributed by atoms with van der Waals surface area (Å²) in [4.78, 5) is 21.3. The van der Waals surface area contributed by atoms with Crippen molar-refractivity contribution >= 4 is 12.0 Å². The molecule has 6 heteroatoms. The molecule has 0 atom stereocenters. The normalized spacial score (nSPS) is 10.5. The van der Waals surface area contributed by atoms with Gasteiger partial charge in [-0.3, -0.25) is 14.9 Å². The van der Waals surface area contributed by atoms with Crippen LogP contribution in [0.1, 0.15) is 27.3 Å². The van der Waals surface area contributed by atoms with Crippen molar-refractivity contribution in [2.75, 3.05) is 0 Å². The van der Waals surface area contributed by atoms with Crippen molar-refractivity contribution in [1.29, 1.82) is 0 Å². The van der Waals surface area contributed by atoms with Crippen LogP contribution in [0, 0.1) is 30.9 Å². The number of aryl methyl sites for hydroxylation is 1. The Morgan fingerprint density at radius 1 is 1.32 bits per heavy atom. The van der Waals surface area contributed by atoms with E-state index in [0.717, 1.165) is 17.0 Å². The van der Waals surface area contributed by atoms with Crippen molar-refractivity contribution in [1.82, 2.24) is 9.78 Å². The van der Waals surface area contributed by atoms with Gasteiger partial charge in [0.25, 0.3) is 5.69 Å². The Bertz CT molecular complexity index is 674. The fraction of sp³-hybridized carbons (Fsp3) is 0.231. The van der Waals surface area contributed by atoms with Crippen LogP contribution in [0.2, 0.25) is 0 Å². The van der Waals surface area contributed by atoms with Crippen LogP contribution in [0.4, 0.5) is 5.69 Å². The van der Waals surface area contributed by atoms with Crippen molar-refractivity contribution in [3.63, 3.8) is 0 Å². The number of aldehydes is 1. The molecule has 19 heavy (non-hydrogen) atoms. The molecule has 0 aliphatic carbocycles. The minimum Gasteiger partial charge on any atom is -0.298 e. The number of nitro benzene ring substituents is 1. The quantitative estimate of drug-likeness (QED) is 0.482. The van der Waals surface area contributed by atoms with Gasteiger partial charge in [-0.05, 0) is 38.5 Å². The smallest absolute Gasteiger partial charge is 0.295 e. The number of nitrogens with zero attached hydrogens (tertiary/aromatic N) is 3. The van der Waals surface area contributed by atoms with Crippen LogP contribution in [-0.4, -0.2) is 21.0 Å². The minimum absolute atomic E-state index is 0.129. The van der Waals surface area contributed by atoms with Crippen molar-refractivity contribution in [3.05, 3.63) is 50.8 Å². The third-order valence-electron chi connectivity index (χ3n) is 3.21. The van der Waals surface area contributed by atoms with Gasteiger partial charge in [0, 0.05) is 17.3 Å². The van der Waals surface area contributed by atoms with E-state index < -0.39 is 4.92 Å². The molecule has 6 nitrogen and oxygen atoms in total. The molecule has 1 aromatic carbocycles. The third-order valence-corrected chi connectivity index (χ3v) is 3.21. The van der Waals surface area contributed by atoms with Crippen LogP contribution in [0.3, 0.4) is 0 Å². The predicted octanol–water partition coefficient (Wildman–Crippen LogP) is 2.52. The molecule has 2 aromatic rings. The summed E-state index contributed by atoms with van der Waals surface area (Å²) in [5.74, 6) is 0. The molecule has 0 aliphatic heterocycles. The minimum atomic E-state index is -0.506. The topological polar surface area (TPSA) is 78.0 Å². The van der Waals surface area contributed by atoms with Crippen LogP contribution < -0.4 is 0 Å². The number of carbonyl (C=O) groups is 1. The van der Waals surface area contributed by atoms with E-state index in [1.165, 1.54) is 10.7 Å². The molecule has 0 radical (unpaired) electrons. The van der Waals surface area contributed by atoms with Crippen molar-refractivity contribution < 1.29 is 9.72 Å². The monoisotopic (exact) mass is 259 g/mol. The highest BCUT2D eigenvalue weighted by molar-refractivity contribution is 5.77. The molecular formula is C13H13N3O3. The molecular weight excluding hydrogens is 246 g/mol. The highest BCUT2D eigenvalue weighted by atomic mass is 16.6. The number of nitro groups is 1. The van der Waals surface area contributed by atoms with E-state index in [1.54, 1.807) is 12.1 Å². The Balaban J connectivity index is 2.71. The van der Waals surface area contributed by atoms with Gasteiger partial charge in [0.15, 0.2) is 0 Å². The molecule has 0 amide bonds. The highest BCUT2D eigenvalue weighted by Crippen LogP contribution is 2.26. The molecule has 0 saturated carbocycles. The Morgan fingerprint density at radius 2 is 2.00 bits per heavy atom. The van der Waals surface area contributed by atoms with Gasteiger partial charge >= 0.3 is 0 Å². The first kappa shape index (κ1) is 12.9. The average Bonchev–Trinajstić information content (AvgIpc) is 2.65. The number of hydrogen-bond donors (Lipinski definition) is 0. The van der Waals surface area contributed by atoms with Crippen LogP contribution >= 0.6 is 0 Å². The second kappa shape index (κ2) is 4.64. The van der Waals surface area contributed by atoms with Gasteiger partial charge in [0.1, 0.15) is 12.0 Å². The Hall–Kier alpha value is -2.50. The van der Waals surface area contributed by atoms with E-state index in [2.05, 4.69) is 5.10 Å². The van der Waals surface area contributed by atoms with E-state index >= 15 is 0 Å². The number of rotatable bonds is 3. The zero-order valence-corrected chi connectivity index (χ0v) is 10.9. The van der Waals surface area contributed by atoms with Crippen LogP contribution in [0.15, 0.2) is 18.2 Å². The maximum absolute atomic E-state index is 11.1. The van der Waals surface area contributed by atoms with Crippen LogP contribution in [0.5, 0.6) is 0 Å². The SMILES string of the molecule is Cc1nn(-c2ccc(C=O)cc2[N+](=O)[O-])c(C)c1C. The zero-order valence-electron chi connectivity index (χ0n) is 10.9. The fourth-order valence-corrected chi connectivity index (χ4v) is 1.89. The van der Waals surface area contributed by atoms with Crippen LogP contribution in [0.25, 0.3) is 5.69 Å². The first-order valence-electron chi connectivity index (χ1n) is 5.72. The fourth-order valence-electron chi connectivity index (χ4n) is 1.89. The van der Waals surface area contributed by atoms with Gasteiger partial charge in [-0.2, -0.15) is 5.10 Å². The average molecular weight is 259 g/mol. The summed E-state index contributed by atoms with van der Waals surface area (Å²) in [6, 6.07) is 4.34. The molecule has 0 fully saturated rings. The van der Waals surface area contributed by atoms with E-state index in [4.69, 9.17) is 0 Å². The molecule has 2 rings (SSSR count). The summed E-state index contributed by atoms with van der Waals surface area (Å²) in [7, 11) is 0. The summed E-state index contributed by atoms with van der Waals surface area (Å²) in [6.45, 7) is 5.62.